The maximum Gasteiger partial charge on any atom is 0.220 e. The van der Waals surface area contributed by atoms with Crippen LogP contribution in [0.3, 0.4) is 0 Å². The molecular formula is C17H24N6O. The summed E-state index contributed by atoms with van der Waals surface area (Å²) in [7, 11) is 1.91. The van der Waals surface area contributed by atoms with Crippen LogP contribution in [-0.4, -0.2) is 56.3 Å². The van der Waals surface area contributed by atoms with E-state index in [2.05, 4.69) is 27.8 Å². The smallest absolute Gasteiger partial charge is 0.220 e. The van der Waals surface area contributed by atoms with Crippen molar-refractivity contribution in [1.29, 1.82) is 10.5 Å². The molecule has 128 valence electrons. The molecule has 2 aliphatic heterocycles. The molecule has 2 rings (SSSR count). The number of likely N-dealkylation sites (tertiary alicyclic amines) is 1. The second kappa shape index (κ2) is 11.0. The van der Waals surface area contributed by atoms with Crippen LogP contribution in [0.5, 0.6) is 0 Å². The Hall–Kier alpha value is -2.64. The van der Waals surface area contributed by atoms with Crippen LogP contribution in [0.1, 0.15) is 19.8 Å². The molecule has 0 aromatic rings. The fraction of sp³-hybridized carbons (Fsp3) is 0.529. The highest BCUT2D eigenvalue weighted by Gasteiger charge is 2.25. The zero-order chi connectivity index (χ0) is 17.8. The van der Waals surface area contributed by atoms with Gasteiger partial charge in [0.25, 0.3) is 0 Å². The minimum Gasteiger partial charge on any atom is -0.386 e. The first kappa shape index (κ1) is 19.4. The summed E-state index contributed by atoms with van der Waals surface area (Å²) in [5.41, 5.74) is 1.64. The zero-order valence-electron chi connectivity index (χ0n) is 14.2. The number of nitrogens with zero attached hydrogens (tertiary/aromatic N) is 4. The number of hydrogen-bond donors (Lipinski definition) is 2. The molecular weight excluding hydrogens is 304 g/mol. The van der Waals surface area contributed by atoms with Crippen LogP contribution in [0.25, 0.3) is 0 Å². The molecule has 0 bridgehead atoms. The second-order valence-electron chi connectivity index (χ2n) is 5.43. The minimum atomic E-state index is -0.155. The summed E-state index contributed by atoms with van der Waals surface area (Å²) in [4.78, 5) is 16.5. The Labute approximate surface area is 143 Å². The normalized spacial score (nSPS) is 19.0. The van der Waals surface area contributed by atoms with E-state index < -0.39 is 0 Å². The Morgan fingerprint density at radius 1 is 1.42 bits per heavy atom. The topological polar surface area (TPSA) is 104 Å². The van der Waals surface area contributed by atoms with Crippen molar-refractivity contribution in [2.75, 3.05) is 33.2 Å². The number of nitriles is 2. The van der Waals surface area contributed by atoms with E-state index >= 15 is 0 Å². The van der Waals surface area contributed by atoms with Crippen molar-refractivity contribution in [1.82, 2.24) is 15.5 Å². The molecule has 0 aromatic carbocycles. The first-order chi connectivity index (χ1) is 11.6. The summed E-state index contributed by atoms with van der Waals surface area (Å²) in [5, 5.41) is 23.5. The van der Waals surface area contributed by atoms with E-state index in [1.54, 1.807) is 17.2 Å². The molecule has 24 heavy (non-hydrogen) atoms. The van der Waals surface area contributed by atoms with Gasteiger partial charge in [-0.2, -0.15) is 10.5 Å². The van der Waals surface area contributed by atoms with Crippen molar-refractivity contribution in [2.45, 2.75) is 25.8 Å². The number of likely N-dealkylation sites (N-methyl/N-ethyl adjacent to an activating group) is 1. The fourth-order valence-corrected chi connectivity index (χ4v) is 2.34. The van der Waals surface area contributed by atoms with Gasteiger partial charge in [-0.15, -0.1) is 0 Å². The molecule has 7 nitrogen and oxygen atoms in total. The lowest BCUT2D eigenvalue weighted by molar-refractivity contribution is -0.128. The molecule has 2 aliphatic rings. The highest BCUT2D eigenvalue weighted by molar-refractivity contribution is 5.84. The standard InChI is InChI=1S/C10H14N4.C7H10N2O/c1-12-4-5-14-10-3-2-9(6-11)7-13-8-10;1-6(10)9-4-2-3-7(9)5-8/h2-3,7,12,14H,4-5,8H2,1H3;7H,2-4H2,1H3. The van der Waals surface area contributed by atoms with E-state index in [9.17, 15) is 4.79 Å². The monoisotopic (exact) mass is 328 g/mol. The van der Waals surface area contributed by atoms with Crippen molar-refractivity contribution < 1.29 is 4.79 Å². The summed E-state index contributed by atoms with van der Waals surface area (Å²) in [6.45, 7) is 4.66. The average molecular weight is 328 g/mol. The highest BCUT2D eigenvalue weighted by atomic mass is 16.2. The van der Waals surface area contributed by atoms with Gasteiger partial charge in [0.15, 0.2) is 0 Å². The zero-order valence-corrected chi connectivity index (χ0v) is 14.2. The molecule has 0 saturated carbocycles. The van der Waals surface area contributed by atoms with Gasteiger partial charge in [0, 0.05) is 38.5 Å². The summed E-state index contributed by atoms with van der Waals surface area (Å²) in [6.07, 6.45) is 7.09. The molecule has 1 amide bonds. The van der Waals surface area contributed by atoms with Crippen LogP contribution in [0.2, 0.25) is 0 Å². The van der Waals surface area contributed by atoms with E-state index in [4.69, 9.17) is 10.5 Å². The molecule has 0 aromatic heterocycles. The molecule has 1 fully saturated rings. The van der Waals surface area contributed by atoms with Gasteiger partial charge < -0.3 is 15.5 Å². The van der Waals surface area contributed by atoms with E-state index in [1.165, 1.54) is 6.92 Å². The first-order valence-corrected chi connectivity index (χ1v) is 7.98. The quantitative estimate of drug-likeness (QED) is 0.741. The molecule has 0 aliphatic carbocycles. The lowest BCUT2D eigenvalue weighted by Crippen LogP contribution is -2.32. The number of carbonyl (C=O) groups is 1. The van der Waals surface area contributed by atoms with Crippen LogP contribution in [0, 0.1) is 22.7 Å². The third-order valence-electron chi connectivity index (χ3n) is 3.62. The van der Waals surface area contributed by atoms with Crippen molar-refractivity contribution >= 4 is 12.1 Å². The summed E-state index contributed by atoms with van der Waals surface area (Å²) < 4.78 is 0. The lowest BCUT2D eigenvalue weighted by atomic mass is 10.2. The number of hydrogen-bond acceptors (Lipinski definition) is 6. The van der Waals surface area contributed by atoms with Gasteiger partial charge in [-0.05, 0) is 32.0 Å². The SMILES string of the molecule is CC(=O)N1CCCC1C#N.CNCCNC1=CC=C(C#N)C=NC1. The molecule has 1 unspecified atom stereocenters. The molecule has 0 radical (unpaired) electrons. The largest absolute Gasteiger partial charge is 0.386 e. The summed E-state index contributed by atoms with van der Waals surface area (Å²) in [6, 6.07) is 4.00. The Bertz CT molecular complexity index is 593. The highest BCUT2D eigenvalue weighted by Crippen LogP contribution is 2.15. The van der Waals surface area contributed by atoms with Crippen molar-refractivity contribution in [3.05, 3.63) is 23.4 Å². The fourth-order valence-electron chi connectivity index (χ4n) is 2.34. The van der Waals surface area contributed by atoms with Crippen LogP contribution < -0.4 is 10.6 Å². The number of allylic oxidation sites excluding steroid dienone is 3. The van der Waals surface area contributed by atoms with Crippen molar-refractivity contribution in [2.24, 2.45) is 4.99 Å². The molecule has 2 N–H and O–H groups in total. The maximum atomic E-state index is 10.8. The first-order valence-electron chi connectivity index (χ1n) is 7.98. The van der Waals surface area contributed by atoms with Gasteiger partial charge >= 0.3 is 0 Å². The molecule has 1 saturated heterocycles. The molecule has 2 heterocycles. The van der Waals surface area contributed by atoms with E-state index in [-0.39, 0.29) is 11.9 Å². The lowest BCUT2D eigenvalue weighted by Gasteiger charge is -2.16. The minimum absolute atomic E-state index is 0.0176. The van der Waals surface area contributed by atoms with Gasteiger partial charge in [0.05, 0.1) is 18.2 Å². The molecule has 1 atom stereocenters. The van der Waals surface area contributed by atoms with Gasteiger partial charge in [0.1, 0.15) is 12.1 Å². The van der Waals surface area contributed by atoms with Crippen LogP contribution >= 0.6 is 0 Å². The van der Waals surface area contributed by atoms with Gasteiger partial charge in [-0.3, -0.25) is 9.79 Å². The van der Waals surface area contributed by atoms with E-state index in [0.29, 0.717) is 12.1 Å². The Balaban J connectivity index is 0.000000254. The number of aliphatic imine (C=N–C) groups is 1. The van der Waals surface area contributed by atoms with Gasteiger partial charge in [0.2, 0.25) is 5.91 Å². The number of amides is 1. The van der Waals surface area contributed by atoms with E-state index in [0.717, 1.165) is 38.2 Å². The van der Waals surface area contributed by atoms with Gasteiger partial charge in [-0.25, -0.2) is 0 Å². The third kappa shape index (κ3) is 6.64. The Morgan fingerprint density at radius 2 is 2.21 bits per heavy atom. The average Bonchev–Trinajstić information content (AvgIpc) is 2.95. The third-order valence-corrected chi connectivity index (χ3v) is 3.62. The van der Waals surface area contributed by atoms with Crippen molar-refractivity contribution in [3.63, 3.8) is 0 Å². The predicted molar refractivity (Wildman–Crippen MR) is 93.1 cm³/mol. The molecule has 0 spiro atoms. The number of rotatable bonds is 4. The van der Waals surface area contributed by atoms with Crippen LogP contribution in [0.4, 0.5) is 0 Å². The Morgan fingerprint density at radius 3 is 2.79 bits per heavy atom. The number of nitrogens with one attached hydrogen (secondary N) is 2. The van der Waals surface area contributed by atoms with E-state index in [1.807, 2.05) is 13.1 Å². The summed E-state index contributed by atoms with van der Waals surface area (Å²) in [5.74, 6) is 0.0176. The Kier molecular flexibility index (Phi) is 8.88. The van der Waals surface area contributed by atoms with Crippen LogP contribution in [0.15, 0.2) is 28.4 Å². The summed E-state index contributed by atoms with van der Waals surface area (Å²) >= 11 is 0. The molecule has 7 heteroatoms. The maximum absolute atomic E-state index is 10.8. The van der Waals surface area contributed by atoms with Crippen LogP contribution in [-0.2, 0) is 4.79 Å². The second-order valence-corrected chi connectivity index (χ2v) is 5.43. The van der Waals surface area contributed by atoms with Crippen molar-refractivity contribution in [3.8, 4) is 12.1 Å². The van der Waals surface area contributed by atoms with Gasteiger partial charge in [-0.1, -0.05) is 0 Å². The number of carbonyl (C=O) groups excluding carboxylic acids is 1. The predicted octanol–water partition coefficient (Wildman–Crippen LogP) is 0.735.